The molecule has 0 bridgehead atoms. The van der Waals surface area contributed by atoms with Gasteiger partial charge >= 0.3 is 5.97 Å². The van der Waals surface area contributed by atoms with E-state index in [1.807, 2.05) is 18.2 Å². The first-order valence-electron chi connectivity index (χ1n) is 6.16. The van der Waals surface area contributed by atoms with E-state index < -0.39 is 0 Å². The zero-order chi connectivity index (χ0) is 12.7. The second-order valence-electron chi connectivity index (χ2n) is 4.03. The second-order valence-corrected chi connectivity index (χ2v) is 4.03. The molecular formula is C14H21NO2. The lowest BCUT2D eigenvalue weighted by Crippen LogP contribution is -2.25. The number of ether oxygens (including phenoxy) is 1. The highest BCUT2D eigenvalue weighted by Crippen LogP contribution is 2.17. The minimum absolute atomic E-state index is 0.278. The third-order valence-corrected chi connectivity index (χ3v) is 2.62. The fourth-order valence-corrected chi connectivity index (χ4v) is 1.86. The molecule has 1 aromatic rings. The Balaban J connectivity index is 2.91. The summed E-state index contributed by atoms with van der Waals surface area (Å²) in [6.45, 7) is 6.34. The second kappa shape index (κ2) is 6.94. The van der Waals surface area contributed by atoms with Gasteiger partial charge in [0.1, 0.15) is 0 Å². The summed E-state index contributed by atoms with van der Waals surface area (Å²) in [7, 11) is 1.41. The Kier molecular flexibility index (Phi) is 5.53. The average molecular weight is 235 g/mol. The van der Waals surface area contributed by atoms with Crippen molar-refractivity contribution in [2.24, 2.45) is 0 Å². The molecule has 17 heavy (non-hydrogen) atoms. The maximum absolute atomic E-state index is 11.5. The minimum atomic E-state index is -0.278. The molecule has 0 saturated heterocycles. The van der Waals surface area contributed by atoms with Crippen LogP contribution in [0.1, 0.15) is 37.0 Å². The maximum atomic E-state index is 11.5. The van der Waals surface area contributed by atoms with Crippen molar-refractivity contribution in [3.05, 3.63) is 29.8 Å². The molecule has 0 radical (unpaired) electrons. The summed E-state index contributed by atoms with van der Waals surface area (Å²) in [4.78, 5) is 13.8. The highest BCUT2D eigenvalue weighted by Gasteiger charge is 2.09. The quantitative estimate of drug-likeness (QED) is 0.710. The molecule has 0 aromatic heterocycles. The number of methoxy groups -OCH3 is 1. The van der Waals surface area contributed by atoms with Crippen molar-refractivity contribution in [2.45, 2.75) is 26.7 Å². The first-order chi connectivity index (χ1) is 8.22. The van der Waals surface area contributed by atoms with E-state index in [1.54, 1.807) is 6.07 Å². The first-order valence-corrected chi connectivity index (χ1v) is 6.16. The molecule has 0 fully saturated rings. The van der Waals surface area contributed by atoms with Gasteiger partial charge in [0.15, 0.2) is 0 Å². The van der Waals surface area contributed by atoms with E-state index in [-0.39, 0.29) is 5.97 Å². The average Bonchev–Trinajstić information content (AvgIpc) is 2.37. The molecule has 0 N–H and O–H groups in total. The number of nitrogens with zero attached hydrogens (tertiary/aromatic N) is 1. The van der Waals surface area contributed by atoms with Crippen molar-refractivity contribution in [1.82, 2.24) is 0 Å². The van der Waals surface area contributed by atoms with E-state index in [9.17, 15) is 4.79 Å². The van der Waals surface area contributed by atoms with E-state index >= 15 is 0 Å². The van der Waals surface area contributed by atoms with Crippen LogP contribution in [0, 0.1) is 0 Å². The van der Waals surface area contributed by atoms with Crippen molar-refractivity contribution >= 4 is 11.7 Å². The highest BCUT2D eigenvalue weighted by molar-refractivity contribution is 5.90. The Bertz CT molecular complexity index is 357. The summed E-state index contributed by atoms with van der Waals surface area (Å²) in [5.41, 5.74) is 1.71. The van der Waals surface area contributed by atoms with Gasteiger partial charge < -0.3 is 9.64 Å². The van der Waals surface area contributed by atoms with Crippen LogP contribution >= 0.6 is 0 Å². The van der Waals surface area contributed by atoms with Crippen molar-refractivity contribution < 1.29 is 9.53 Å². The van der Waals surface area contributed by atoms with Gasteiger partial charge in [-0.2, -0.15) is 0 Å². The lowest BCUT2D eigenvalue weighted by Gasteiger charge is -2.24. The summed E-state index contributed by atoms with van der Waals surface area (Å²) in [5, 5.41) is 0. The van der Waals surface area contributed by atoms with Crippen LogP contribution in [0.25, 0.3) is 0 Å². The monoisotopic (exact) mass is 235 g/mol. The van der Waals surface area contributed by atoms with Gasteiger partial charge in [-0.15, -0.1) is 0 Å². The zero-order valence-corrected chi connectivity index (χ0v) is 10.9. The number of benzene rings is 1. The van der Waals surface area contributed by atoms with Crippen molar-refractivity contribution in [2.75, 3.05) is 25.1 Å². The van der Waals surface area contributed by atoms with Gasteiger partial charge in [0, 0.05) is 18.8 Å². The number of carbonyl (C=O) groups is 1. The normalized spacial score (nSPS) is 10.1. The summed E-state index contributed by atoms with van der Waals surface area (Å²) in [6.07, 6.45) is 2.20. The van der Waals surface area contributed by atoms with E-state index in [4.69, 9.17) is 4.74 Å². The molecule has 0 aliphatic carbocycles. The molecule has 94 valence electrons. The smallest absolute Gasteiger partial charge is 0.337 e. The van der Waals surface area contributed by atoms with Crippen LogP contribution < -0.4 is 4.90 Å². The Morgan fingerprint density at radius 2 is 1.88 bits per heavy atom. The van der Waals surface area contributed by atoms with E-state index in [2.05, 4.69) is 18.7 Å². The number of rotatable bonds is 6. The van der Waals surface area contributed by atoms with Gasteiger partial charge in [0.25, 0.3) is 0 Å². The predicted octanol–water partition coefficient (Wildman–Crippen LogP) is 3.10. The summed E-state index contributed by atoms with van der Waals surface area (Å²) in [6, 6.07) is 7.63. The van der Waals surface area contributed by atoms with Gasteiger partial charge in [0.2, 0.25) is 0 Å². The number of hydrogen-bond acceptors (Lipinski definition) is 3. The molecule has 0 amide bonds. The summed E-state index contributed by atoms with van der Waals surface area (Å²) < 4.78 is 4.73. The molecule has 0 spiro atoms. The van der Waals surface area contributed by atoms with Crippen molar-refractivity contribution in [1.29, 1.82) is 0 Å². The van der Waals surface area contributed by atoms with Crippen LogP contribution in [0.5, 0.6) is 0 Å². The minimum Gasteiger partial charge on any atom is -0.465 e. The molecule has 0 heterocycles. The zero-order valence-electron chi connectivity index (χ0n) is 10.9. The summed E-state index contributed by atoms with van der Waals surface area (Å²) >= 11 is 0. The lowest BCUT2D eigenvalue weighted by molar-refractivity contribution is 0.0601. The van der Waals surface area contributed by atoms with Crippen LogP contribution in [-0.2, 0) is 4.74 Å². The van der Waals surface area contributed by atoms with Gasteiger partial charge in [-0.25, -0.2) is 4.79 Å². The fraction of sp³-hybridized carbons (Fsp3) is 0.500. The third-order valence-electron chi connectivity index (χ3n) is 2.62. The Morgan fingerprint density at radius 3 is 2.41 bits per heavy atom. The van der Waals surface area contributed by atoms with Crippen molar-refractivity contribution in [3.63, 3.8) is 0 Å². The topological polar surface area (TPSA) is 29.5 Å². The van der Waals surface area contributed by atoms with Crippen LogP contribution in [0.4, 0.5) is 5.69 Å². The number of carbonyl (C=O) groups excluding carboxylic acids is 1. The fourth-order valence-electron chi connectivity index (χ4n) is 1.86. The van der Waals surface area contributed by atoms with Gasteiger partial charge in [-0.05, 0) is 31.0 Å². The molecule has 1 aromatic carbocycles. The molecule has 0 aliphatic rings. The van der Waals surface area contributed by atoms with Crippen LogP contribution in [-0.4, -0.2) is 26.2 Å². The van der Waals surface area contributed by atoms with Crippen molar-refractivity contribution in [3.8, 4) is 0 Å². The number of anilines is 1. The number of esters is 1. The van der Waals surface area contributed by atoms with E-state index in [0.29, 0.717) is 5.56 Å². The van der Waals surface area contributed by atoms with Crippen LogP contribution in [0.2, 0.25) is 0 Å². The van der Waals surface area contributed by atoms with E-state index in [0.717, 1.165) is 31.6 Å². The highest BCUT2D eigenvalue weighted by atomic mass is 16.5. The molecule has 1 rings (SSSR count). The molecule has 0 aliphatic heterocycles. The number of hydrogen-bond donors (Lipinski definition) is 0. The first kappa shape index (κ1) is 13.6. The lowest BCUT2D eigenvalue weighted by atomic mass is 10.2. The van der Waals surface area contributed by atoms with E-state index in [1.165, 1.54) is 7.11 Å². The molecule has 3 nitrogen and oxygen atoms in total. The summed E-state index contributed by atoms with van der Waals surface area (Å²) in [5.74, 6) is -0.278. The van der Waals surface area contributed by atoms with Gasteiger partial charge in [-0.3, -0.25) is 0 Å². The molecule has 0 saturated carbocycles. The molecule has 3 heteroatoms. The SMILES string of the molecule is CCCN(CCC)c1cccc(C(=O)OC)c1. The van der Waals surface area contributed by atoms with Gasteiger partial charge in [-0.1, -0.05) is 19.9 Å². The van der Waals surface area contributed by atoms with Crippen LogP contribution in [0.15, 0.2) is 24.3 Å². The van der Waals surface area contributed by atoms with Gasteiger partial charge in [0.05, 0.1) is 12.7 Å². The van der Waals surface area contributed by atoms with Crippen LogP contribution in [0.3, 0.4) is 0 Å². The Hall–Kier alpha value is -1.51. The third kappa shape index (κ3) is 3.77. The molecule has 0 atom stereocenters. The predicted molar refractivity (Wildman–Crippen MR) is 70.6 cm³/mol. The Morgan fingerprint density at radius 1 is 1.24 bits per heavy atom. The molecular weight excluding hydrogens is 214 g/mol. The Labute approximate surface area is 103 Å². The largest absolute Gasteiger partial charge is 0.465 e. The maximum Gasteiger partial charge on any atom is 0.337 e. The molecule has 0 unspecified atom stereocenters. The standard InChI is InChI=1S/C14H21NO2/c1-4-9-15(10-5-2)13-8-6-7-12(11-13)14(16)17-3/h6-8,11H,4-5,9-10H2,1-3H3.